The van der Waals surface area contributed by atoms with Gasteiger partial charge in [-0.15, -0.1) is 0 Å². The summed E-state index contributed by atoms with van der Waals surface area (Å²) in [5.74, 6) is 0. The van der Waals surface area contributed by atoms with Crippen molar-refractivity contribution < 1.29 is 0 Å². The van der Waals surface area contributed by atoms with E-state index in [2.05, 4.69) is 264 Å². The highest BCUT2D eigenvalue weighted by molar-refractivity contribution is 6.24. The van der Waals surface area contributed by atoms with Crippen LogP contribution in [0.3, 0.4) is 0 Å². The molecule has 12 rings (SSSR count). The Kier molecular flexibility index (Phi) is 9.20. The van der Waals surface area contributed by atoms with Gasteiger partial charge >= 0.3 is 0 Å². The molecule has 64 heavy (non-hydrogen) atoms. The fraction of sp³-hybridized carbons (Fsp3) is 0. The lowest BCUT2D eigenvalue weighted by atomic mass is 9.94. The smallest absolute Gasteiger partial charge is 0.0625 e. The van der Waals surface area contributed by atoms with Crippen molar-refractivity contribution >= 4 is 60.4 Å². The fourth-order valence-corrected chi connectivity index (χ4v) is 9.75. The van der Waals surface area contributed by atoms with Crippen LogP contribution in [0.4, 0.5) is 17.1 Å². The van der Waals surface area contributed by atoms with Gasteiger partial charge in [0.2, 0.25) is 0 Å². The maximum atomic E-state index is 2.45. The van der Waals surface area contributed by atoms with E-state index in [-0.39, 0.29) is 0 Å². The Morgan fingerprint density at radius 3 is 1.56 bits per heavy atom. The molecule has 2 heteroatoms. The van der Waals surface area contributed by atoms with Crippen LogP contribution >= 0.6 is 0 Å². The molecule has 11 aromatic carbocycles. The first-order chi connectivity index (χ1) is 31.7. The fourth-order valence-electron chi connectivity index (χ4n) is 9.75. The van der Waals surface area contributed by atoms with Crippen molar-refractivity contribution in [2.75, 3.05) is 4.90 Å². The van der Waals surface area contributed by atoms with E-state index in [0.717, 1.165) is 28.3 Å². The van der Waals surface area contributed by atoms with Crippen LogP contribution in [0.5, 0.6) is 0 Å². The SMILES string of the molecule is c1ccc(-c2cccc(-c3ccc(N(c4ccc(-c5cccc6ccccc56)cc4)c4cccc(-c5cc6ccccc6c6c5c5ccccc5n6-c5ccccc5)c4)cc3)c2)cc1. The highest BCUT2D eigenvalue weighted by Gasteiger charge is 2.21. The van der Waals surface area contributed by atoms with Gasteiger partial charge in [0.1, 0.15) is 0 Å². The topological polar surface area (TPSA) is 8.17 Å². The number of rotatable bonds is 8. The second-order valence-electron chi connectivity index (χ2n) is 16.5. The van der Waals surface area contributed by atoms with Gasteiger partial charge in [-0.2, -0.15) is 0 Å². The van der Waals surface area contributed by atoms with Crippen molar-refractivity contribution in [3.63, 3.8) is 0 Å². The van der Waals surface area contributed by atoms with E-state index in [1.165, 1.54) is 82.3 Å². The molecule has 2 nitrogen and oxygen atoms in total. The molecule has 0 aliphatic carbocycles. The van der Waals surface area contributed by atoms with Crippen molar-refractivity contribution in [1.82, 2.24) is 4.57 Å². The Morgan fingerprint density at radius 2 is 0.812 bits per heavy atom. The molecule has 0 unspecified atom stereocenters. The van der Waals surface area contributed by atoms with Crippen molar-refractivity contribution in [1.29, 1.82) is 0 Å². The van der Waals surface area contributed by atoms with E-state index in [1.807, 2.05) is 0 Å². The van der Waals surface area contributed by atoms with E-state index < -0.39 is 0 Å². The Labute approximate surface area is 373 Å². The van der Waals surface area contributed by atoms with Crippen LogP contribution < -0.4 is 4.90 Å². The van der Waals surface area contributed by atoms with Gasteiger partial charge in [-0.05, 0) is 127 Å². The molecule has 0 N–H and O–H groups in total. The minimum Gasteiger partial charge on any atom is -0.310 e. The second-order valence-corrected chi connectivity index (χ2v) is 16.5. The van der Waals surface area contributed by atoms with Crippen LogP contribution in [0.15, 0.2) is 255 Å². The number of nitrogens with zero attached hydrogens (tertiary/aromatic N) is 2. The number of fused-ring (bicyclic) bond motifs is 6. The zero-order valence-electron chi connectivity index (χ0n) is 35.1. The standard InChI is InChI=1S/C62H42N2/c1-3-16-43(17-4-1)47-21-13-22-48(40-47)44-32-36-52(37-33-44)63(53-38-34-46(35-39-53)56-30-15-20-45-18-7-9-27-55(45)56)54-26-14-23-49(41-54)59-42-50-19-8-10-28-57(50)62-61(59)58-29-11-12-31-60(58)64(62)51-24-5-2-6-25-51/h1-42H. The van der Waals surface area contributed by atoms with Gasteiger partial charge in [-0.1, -0.05) is 188 Å². The lowest BCUT2D eigenvalue weighted by Gasteiger charge is -2.26. The van der Waals surface area contributed by atoms with Crippen molar-refractivity contribution in [3.05, 3.63) is 255 Å². The molecule has 0 bridgehead atoms. The summed E-state index contributed by atoms with van der Waals surface area (Å²) in [6.07, 6.45) is 0. The first kappa shape index (κ1) is 37.3. The first-order valence-corrected chi connectivity index (χ1v) is 22.0. The lowest BCUT2D eigenvalue weighted by molar-refractivity contribution is 1.19. The van der Waals surface area contributed by atoms with Crippen molar-refractivity contribution in [2.45, 2.75) is 0 Å². The summed E-state index contributed by atoms with van der Waals surface area (Å²) in [6, 6.07) is 92.6. The van der Waals surface area contributed by atoms with Crippen LogP contribution in [0.2, 0.25) is 0 Å². The summed E-state index contributed by atoms with van der Waals surface area (Å²) in [6.45, 7) is 0. The summed E-state index contributed by atoms with van der Waals surface area (Å²) < 4.78 is 2.45. The summed E-state index contributed by atoms with van der Waals surface area (Å²) in [7, 11) is 0. The quantitative estimate of drug-likeness (QED) is 0.148. The van der Waals surface area contributed by atoms with Gasteiger partial charge in [0.25, 0.3) is 0 Å². The van der Waals surface area contributed by atoms with Gasteiger partial charge in [-0.25, -0.2) is 0 Å². The summed E-state index contributed by atoms with van der Waals surface area (Å²) in [4.78, 5) is 2.39. The maximum absolute atomic E-state index is 2.45. The molecule has 0 atom stereocenters. The van der Waals surface area contributed by atoms with Crippen LogP contribution in [0.1, 0.15) is 0 Å². The van der Waals surface area contributed by atoms with Crippen LogP contribution in [-0.4, -0.2) is 4.57 Å². The van der Waals surface area contributed by atoms with Gasteiger partial charge in [0.15, 0.2) is 0 Å². The number of hydrogen-bond donors (Lipinski definition) is 0. The molecule has 0 fully saturated rings. The summed E-state index contributed by atoms with van der Waals surface area (Å²) >= 11 is 0. The van der Waals surface area contributed by atoms with E-state index >= 15 is 0 Å². The molecule has 0 spiro atoms. The maximum Gasteiger partial charge on any atom is 0.0625 e. The van der Waals surface area contributed by atoms with Gasteiger partial charge in [0.05, 0.1) is 11.0 Å². The Balaban J connectivity index is 1.02. The molecular formula is C62H42N2. The van der Waals surface area contributed by atoms with E-state index in [0.29, 0.717) is 0 Å². The average Bonchev–Trinajstić information content (AvgIpc) is 3.73. The minimum absolute atomic E-state index is 1.09. The molecule has 1 heterocycles. The molecule has 12 aromatic rings. The zero-order valence-corrected chi connectivity index (χ0v) is 35.1. The van der Waals surface area contributed by atoms with E-state index in [1.54, 1.807) is 0 Å². The lowest BCUT2D eigenvalue weighted by Crippen LogP contribution is -2.10. The largest absolute Gasteiger partial charge is 0.310 e. The van der Waals surface area contributed by atoms with Gasteiger partial charge < -0.3 is 9.47 Å². The van der Waals surface area contributed by atoms with Crippen LogP contribution in [-0.2, 0) is 0 Å². The third-order valence-corrected chi connectivity index (χ3v) is 12.7. The van der Waals surface area contributed by atoms with Crippen LogP contribution in [0, 0.1) is 0 Å². The van der Waals surface area contributed by atoms with Crippen LogP contribution in [0.25, 0.3) is 93.5 Å². The number of aromatic nitrogens is 1. The highest BCUT2D eigenvalue weighted by Crippen LogP contribution is 2.45. The molecular weight excluding hydrogens is 773 g/mol. The number of para-hydroxylation sites is 2. The predicted molar refractivity (Wildman–Crippen MR) is 272 cm³/mol. The third kappa shape index (κ3) is 6.52. The minimum atomic E-state index is 1.09. The second kappa shape index (κ2) is 15.8. The predicted octanol–water partition coefficient (Wildman–Crippen LogP) is 17.2. The zero-order chi connectivity index (χ0) is 42.4. The van der Waals surface area contributed by atoms with E-state index in [9.17, 15) is 0 Å². The van der Waals surface area contributed by atoms with Gasteiger partial charge in [0, 0.05) is 38.9 Å². The molecule has 0 radical (unpaired) electrons. The molecule has 0 aliphatic rings. The average molecular weight is 815 g/mol. The Hall–Kier alpha value is -8.46. The monoisotopic (exact) mass is 814 g/mol. The van der Waals surface area contributed by atoms with Gasteiger partial charge in [-0.3, -0.25) is 0 Å². The number of anilines is 3. The normalized spacial score (nSPS) is 11.4. The van der Waals surface area contributed by atoms with Crippen molar-refractivity contribution in [2.24, 2.45) is 0 Å². The molecule has 0 saturated carbocycles. The molecule has 0 amide bonds. The molecule has 300 valence electrons. The number of benzene rings is 11. The summed E-state index contributed by atoms with van der Waals surface area (Å²) in [5.41, 5.74) is 16.4. The third-order valence-electron chi connectivity index (χ3n) is 12.7. The Morgan fingerprint density at radius 1 is 0.281 bits per heavy atom. The Bertz CT molecular complexity index is 3640. The summed E-state index contributed by atoms with van der Waals surface area (Å²) in [5, 5.41) is 7.43. The van der Waals surface area contributed by atoms with E-state index in [4.69, 9.17) is 0 Å². The number of hydrogen-bond acceptors (Lipinski definition) is 1. The highest BCUT2D eigenvalue weighted by atomic mass is 15.1. The first-order valence-electron chi connectivity index (χ1n) is 22.0. The molecule has 0 aliphatic heterocycles. The van der Waals surface area contributed by atoms with Crippen molar-refractivity contribution in [3.8, 4) is 50.2 Å². The molecule has 0 saturated heterocycles. The molecule has 1 aromatic heterocycles.